The van der Waals surface area contributed by atoms with Gasteiger partial charge in [0.05, 0.1) is 33.7 Å². The smallest absolute Gasteiger partial charge is 0.244 e. The van der Waals surface area contributed by atoms with Crippen molar-refractivity contribution in [1.82, 2.24) is 14.5 Å². The third kappa shape index (κ3) is 3.16. The number of hydrogen-bond acceptors (Lipinski definition) is 4. The van der Waals surface area contributed by atoms with E-state index < -0.39 is 0 Å². The van der Waals surface area contributed by atoms with Crippen molar-refractivity contribution in [2.45, 2.75) is 13.5 Å². The third-order valence-electron chi connectivity index (χ3n) is 3.94. The van der Waals surface area contributed by atoms with Crippen molar-refractivity contribution in [2.24, 2.45) is 0 Å². The second kappa shape index (κ2) is 6.49. The predicted octanol–water partition coefficient (Wildman–Crippen LogP) is 4.11. The van der Waals surface area contributed by atoms with Crippen molar-refractivity contribution in [3.63, 3.8) is 0 Å². The zero-order valence-corrected chi connectivity index (χ0v) is 14.5. The Bertz CT molecular complexity index is 1050. The fourth-order valence-corrected chi connectivity index (χ4v) is 3.40. The van der Waals surface area contributed by atoms with Gasteiger partial charge in [-0.1, -0.05) is 30.3 Å². The van der Waals surface area contributed by atoms with E-state index in [9.17, 15) is 4.79 Å². The number of benzene rings is 2. The van der Waals surface area contributed by atoms with Gasteiger partial charge in [0.25, 0.3) is 0 Å². The zero-order valence-electron chi connectivity index (χ0n) is 13.6. The molecular formula is C19H16N4OS. The van der Waals surface area contributed by atoms with Crippen LogP contribution < -0.4 is 5.32 Å². The van der Waals surface area contributed by atoms with Crippen LogP contribution in [0.1, 0.15) is 5.01 Å². The average molecular weight is 348 g/mol. The van der Waals surface area contributed by atoms with Gasteiger partial charge in [0.1, 0.15) is 6.54 Å². The molecule has 0 unspecified atom stereocenters. The molecule has 0 radical (unpaired) electrons. The number of imidazole rings is 1. The lowest BCUT2D eigenvalue weighted by Gasteiger charge is -2.10. The first-order valence-electron chi connectivity index (χ1n) is 7.92. The van der Waals surface area contributed by atoms with Crippen molar-refractivity contribution >= 4 is 34.0 Å². The molecular weight excluding hydrogens is 332 g/mol. The van der Waals surface area contributed by atoms with Gasteiger partial charge < -0.3 is 9.88 Å². The SMILES string of the molecule is Cc1nc(-c2ccccc2NC(=O)Cn2cnc3ccccc32)cs1. The van der Waals surface area contributed by atoms with Gasteiger partial charge in [0.2, 0.25) is 5.91 Å². The molecule has 2 heterocycles. The second-order valence-electron chi connectivity index (χ2n) is 5.71. The summed E-state index contributed by atoms with van der Waals surface area (Å²) in [5, 5.41) is 6.00. The normalized spacial score (nSPS) is 10.9. The maximum Gasteiger partial charge on any atom is 0.244 e. The molecule has 4 rings (SSSR count). The molecule has 0 bridgehead atoms. The van der Waals surface area contributed by atoms with Crippen molar-refractivity contribution in [1.29, 1.82) is 0 Å². The number of anilines is 1. The predicted molar refractivity (Wildman–Crippen MR) is 101 cm³/mol. The van der Waals surface area contributed by atoms with E-state index in [0.717, 1.165) is 33.0 Å². The Balaban J connectivity index is 1.57. The number of para-hydroxylation sites is 3. The minimum atomic E-state index is -0.0949. The maximum absolute atomic E-state index is 12.5. The summed E-state index contributed by atoms with van der Waals surface area (Å²) in [6.07, 6.45) is 1.69. The first-order valence-corrected chi connectivity index (χ1v) is 8.80. The molecule has 0 atom stereocenters. The number of thiazole rings is 1. The standard InChI is InChI=1S/C19H16N4OS/c1-13-21-17(11-25-13)14-6-2-3-7-15(14)22-19(24)10-23-12-20-16-8-4-5-9-18(16)23/h2-9,11-12H,10H2,1H3,(H,22,24). The Morgan fingerprint density at radius 3 is 2.80 bits per heavy atom. The Labute approximate surface area is 149 Å². The van der Waals surface area contributed by atoms with Gasteiger partial charge in [-0.3, -0.25) is 4.79 Å². The molecule has 124 valence electrons. The van der Waals surface area contributed by atoms with Gasteiger partial charge >= 0.3 is 0 Å². The first kappa shape index (κ1) is 15.5. The number of nitrogens with one attached hydrogen (secondary N) is 1. The molecule has 0 aliphatic heterocycles. The molecule has 0 aliphatic rings. The minimum Gasteiger partial charge on any atom is -0.324 e. The Morgan fingerprint density at radius 1 is 1.16 bits per heavy atom. The monoisotopic (exact) mass is 348 g/mol. The van der Waals surface area contributed by atoms with Crippen LogP contribution in [0.3, 0.4) is 0 Å². The number of amides is 1. The molecule has 1 N–H and O–H groups in total. The van der Waals surface area contributed by atoms with Gasteiger partial charge in [-0.25, -0.2) is 9.97 Å². The number of fused-ring (bicyclic) bond motifs is 1. The molecule has 2 aromatic heterocycles. The van der Waals surface area contributed by atoms with Gasteiger partial charge in [-0.05, 0) is 25.1 Å². The van der Waals surface area contributed by atoms with Crippen LogP contribution in [0.25, 0.3) is 22.3 Å². The number of nitrogens with zero attached hydrogens (tertiary/aromatic N) is 3. The Morgan fingerprint density at radius 2 is 1.96 bits per heavy atom. The lowest BCUT2D eigenvalue weighted by atomic mass is 10.1. The molecule has 0 spiro atoms. The summed E-state index contributed by atoms with van der Waals surface area (Å²) < 4.78 is 1.85. The molecule has 0 saturated heterocycles. The van der Waals surface area contributed by atoms with E-state index in [4.69, 9.17) is 0 Å². The summed E-state index contributed by atoms with van der Waals surface area (Å²) in [5.41, 5.74) is 4.40. The largest absolute Gasteiger partial charge is 0.324 e. The van der Waals surface area contributed by atoms with Crippen LogP contribution in [0.4, 0.5) is 5.69 Å². The van der Waals surface area contributed by atoms with E-state index in [-0.39, 0.29) is 12.5 Å². The molecule has 0 saturated carbocycles. The van der Waals surface area contributed by atoms with Gasteiger partial charge in [-0.2, -0.15) is 0 Å². The van der Waals surface area contributed by atoms with Crippen LogP contribution in [0.5, 0.6) is 0 Å². The van der Waals surface area contributed by atoms with Gasteiger partial charge in [-0.15, -0.1) is 11.3 Å². The lowest BCUT2D eigenvalue weighted by Crippen LogP contribution is -2.18. The van der Waals surface area contributed by atoms with E-state index >= 15 is 0 Å². The maximum atomic E-state index is 12.5. The molecule has 6 heteroatoms. The molecule has 0 aliphatic carbocycles. The molecule has 2 aromatic carbocycles. The van der Waals surface area contributed by atoms with Crippen molar-refractivity contribution in [2.75, 3.05) is 5.32 Å². The highest BCUT2D eigenvalue weighted by atomic mass is 32.1. The van der Waals surface area contributed by atoms with E-state index in [1.54, 1.807) is 17.7 Å². The van der Waals surface area contributed by atoms with E-state index in [1.165, 1.54) is 0 Å². The van der Waals surface area contributed by atoms with E-state index in [1.807, 2.05) is 65.4 Å². The number of aromatic nitrogens is 3. The van der Waals surface area contributed by atoms with Crippen molar-refractivity contribution in [3.05, 3.63) is 65.2 Å². The van der Waals surface area contributed by atoms with Crippen molar-refractivity contribution < 1.29 is 4.79 Å². The summed E-state index contributed by atoms with van der Waals surface area (Å²) in [6.45, 7) is 2.18. The number of hydrogen-bond donors (Lipinski definition) is 1. The minimum absolute atomic E-state index is 0.0949. The van der Waals surface area contributed by atoms with E-state index in [2.05, 4.69) is 15.3 Å². The summed E-state index contributed by atoms with van der Waals surface area (Å²) in [7, 11) is 0. The molecule has 4 aromatic rings. The Hall–Kier alpha value is -2.99. The first-order chi connectivity index (χ1) is 12.2. The highest BCUT2D eigenvalue weighted by molar-refractivity contribution is 7.09. The summed E-state index contributed by atoms with van der Waals surface area (Å²) in [6, 6.07) is 15.5. The number of aryl methyl sites for hydroxylation is 1. The molecule has 1 amide bonds. The highest BCUT2D eigenvalue weighted by Gasteiger charge is 2.12. The number of carbonyl (C=O) groups excluding carboxylic acids is 1. The van der Waals surface area contributed by atoms with Gasteiger partial charge in [0, 0.05) is 10.9 Å². The second-order valence-corrected chi connectivity index (χ2v) is 6.77. The van der Waals surface area contributed by atoms with Crippen LogP contribution in [0.15, 0.2) is 60.2 Å². The summed E-state index contributed by atoms with van der Waals surface area (Å²) in [4.78, 5) is 21.4. The van der Waals surface area contributed by atoms with Crippen LogP contribution in [-0.2, 0) is 11.3 Å². The number of carbonyl (C=O) groups is 1. The van der Waals surface area contributed by atoms with Gasteiger partial charge in [0.15, 0.2) is 0 Å². The average Bonchev–Trinajstić information content (AvgIpc) is 3.22. The van der Waals surface area contributed by atoms with Crippen LogP contribution >= 0.6 is 11.3 Å². The quantitative estimate of drug-likeness (QED) is 0.604. The molecule has 5 nitrogen and oxygen atoms in total. The molecule has 25 heavy (non-hydrogen) atoms. The van der Waals surface area contributed by atoms with Crippen LogP contribution in [0, 0.1) is 6.92 Å². The topological polar surface area (TPSA) is 59.8 Å². The number of rotatable bonds is 4. The highest BCUT2D eigenvalue weighted by Crippen LogP contribution is 2.28. The van der Waals surface area contributed by atoms with Crippen molar-refractivity contribution in [3.8, 4) is 11.3 Å². The fourth-order valence-electron chi connectivity index (χ4n) is 2.78. The summed E-state index contributed by atoms with van der Waals surface area (Å²) in [5.74, 6) is -0.0949. The lowest BCUT2D eigenvalue weighted by molar-refractivity contribution is -0.116. The van der Waals surface area contributed by atoms with Crippen LogP contribution in [0.2, 0.25) is 0 Å². The van der Waals surface area contributed by atoms with E-state index in [0.29, 0.717) is 0 Å². The van der Waals surface area contributed by atoms with Crippen LogP contribution in [-0.4, -0.2) is 20.4 Å². The third-order valence-corrected chi connectivity index (χ3v) is 4.71. The zero-order chi connectivity index (χ0) is 17.2. The fraction of sp³-hybridized carbons (Fsp3) is 0.105. The Kier molecular flexibility index (Phi) is 4.03. The summed E-state index contributed by atoms with van der Waals surface area (Å²) >= 11 is 1.60. The molecule has 0 fully saturated rings.